The summed E-state index contributed by atoms with van der Waals surface area (Å²) in [7, 11) is 0. The quantitative estimate of drug-likeness (QED) is 0.720. The van der Waals surface area contributed by atoms with Gasteiger partial charge in [0.25, 0.3) is 0 Å². The molecule has 3 N–H and O–H groups in total. The molecule has 0 heterocycles. The van der Waals surface area contributed by atoms with Crippen molar-refractivity contribution in [1.82, 2.24) is 10.6 Å². The topological polar surface area (TPSA) is 61.4 Å². The van der Waals surface area contributed by atoms with Crippen LogP contribution in [0.3, 0.4) is 0 Å². The second-order valence-electron chi connectivity index (χ2n) is 6.45. The summed E-state index contributed by atoms with van der Waals surface area (Å²) in [6, 6.07) is 0.117. The fraction of sp³-hybridized carbons (Fsp3) is 0.933. The number of urea groups is 1. The van der Waals surface area contributed by atoms with E-state index in [9.17, 15) is 9.90 Å². The van der Waals surface area contributed by atoms with E-state index < -0.39 is 0 Å². The second-order valence-corrected chi connectivity index (χ2v) is 6.45. The van der Waals surface area contributed by atoms with E-state index in [0.717, 1.165) is 32.1 Å². The van der Waals surface area contributed by atoms with Gasteiger partial charge in [0, 0.05) is 6.04 Å². The molecule has 0 spiro atoms. The lowest BCUT2D eigenvalue weighted by Crippen LogP contribution is -2.53. The Balaban J connectivity index is 1.80. The normalized spacial score (nSPS) is 39.6. The molecule has 110 valence electrons. The van der Waals surface area contributed by atoms with Crippen molar-refractivity contribution in [3.63, 3.8) is 0 Å². The van der Waals surface area contributed by atoms with Crippen molar-refractivity contribution in [2.45, 2.75) is 77.0 Å². The zero-order chi connectivity index (χ0) is 13.8. The average molecular weight is 268 g/mol. The first kappa shape index (κ1) is 14.6. The van der Waals surface area contributed by atoms with E-state index in [1.54, 1.807) is 0 Å². The van der Waals surface area contributed by atoms with Crippen molar-refractivity contribution in [2.24, 2.45) is 11.8 Å². The molecule has 0 saturated heterocycles. The molecular formula is C15H28N2O2. The van der Waals surface area contributed by atoms with Gasteiger partial charge in [-0.25, -0.2) is 4.79 Å². The molecule has 2 saturated carbocycles. The molecular weight excluding hydrogens is 240 g/mol. The predicted molar refractivity (Wildman–Crippen MR) is 75.9 cm³/mol. The van der Waals surface area contributed by atoms with Crippen molar-refractivity contribution < 1.29 is 9.90 Å². The minimum absolute atomic E-state index is 0.0647. The molecule has 0 aromatic heterocycles. The summed E-state index contributed by atoms with van der Waals surface area (Å²) in [6.45, 7) is 4.49. The first-order valence-corrected chi connectivity index (χ1v) is 7.83. The van der Waals surface area contributed by atoms with E-state index >= 15 is 0 Å². The molecule has 0 radical (unpaired) electrons. The number of aliphatic hydroxyl groups is 1. The Morgan fingerprint density at radius 2 is 1.58 bits per heavy atom. The van der Waals surface area contributed by atoms with Crippen molar-refractivity contribution in [2.75, 3.05) is 0 Å². The highest BCUT2D eigenvalue weighted by Gasteiger charge is 2.30. The van der Waals surface area contributed by atoms with Crippen LogP contribution in [0.25, 0.3) is 0 Å². The van der Waals surface area contributed by atoms with Crippen LogP contribution in [0.5, 0.6) is 0 Å². The Labute approximate surface area is 116 Å². The third-order valence-electron chi connectivity index (χ3n) is 5.07. The third-order valence-corrected chi connectivity index (χ3v) is 5.07. The highest BCUT2D eigenvalue weighted by molar-refractivity contribution is 5.74. The summed E-state index contributed by atoms with van der Waals surface area (Å²) in [6.07, 6.45) is 7.03. The second kappa shape index (κ2) is 6.60. The lowest BCUT2D eigenvalue weighted by atomic mass is 9.78. The van der Waals surface area contributed by atoms with Gasteiger partial charge in [-0.1, -0.05) is 39.5 Å². The maximum atomic E-state index is 12.0. The van der Waals surface area contributed by atoms with Crippen LogP contribution in [0.15, 0.2) is 0 Å². The van der Waals surface area contributed by atoms with E-state index in [-0.39, 0.29) is 24.2 Å². The Kier molecular flexibility index (Phi) is 5.08. The Morgan fingerprint density at radius 3 is 2.32 bits per heavy atom. The molecule has 4 heteroatoms. The summed E-state index contributed by atoms with van der Waals surface area (Å²) < 4.78 is 0. The van der Waals surface area contributed by atoms with E-state index in [1.165, 1.54) is 12.8 Å². The third kappa shape index (κ3) is 3.85. The van der Waals surface area contributed by atoms with Gasteiger partial charge in [0.15, 0.2) is 0 Å². The summed E-state index contributed by atoms with van der Waals surface area (Å²) >= 11 is 0. The maximum absolute atomic E-state index is 12.0. The number of amides is 2. The predicted octanol–water partition coefficient (Wildman–Crippen LogP) is 2.41. The first-order chi connectivity index (χ1) is 9.08. The zero-order valence-electron chi connectivity index (χ0n) is 12.2. The number of rotatable bonds is 2. The van der Waals surface area contributed by atoms with Crippen molar-refractivity contribution >= 4 is 6.03 Å². The molecule has 5 atom stereocenters. The van der Waals surface area contributed by atoms with Crippen LogP contribution < -0.4 is 10.6 Å². The lowest BCUT2D eigenvalue weighted by molar-refractivity contribution is 0.0930. The summed E-state index contributed by atoms with van der Waals surface area (Å²) in [5.41, 5.74) is 0. The molecule has 2 amide bonds. The average Bonchev–Trinajstić information content (AvgIpc) is 2.38. The van der Waals surface area contributed by atoms with E-state index in [1.807, 2.05) is 0 Å². The van der Waals surface area contributed by atoms with Gasteiger partial charge in [-0.2, -0.15) is 0 Å². The lowest BCUT2D eigenvalue weighted by Gasteiger charge is -2.35. The molecule has 2 aliphatic carbocycles. The zero-order valence-corrected chi connectivity index (χ0v) is 12.2. The van der Waals surface area contributed by atoms with Crippen LogP contribution in [-0.2, 0) is 0 Å². The number of hydrogen-bond acceptors (Lipinski definition) is 2. The number of carbonyl (C=O) groups is 1. The highest BCUT2D eigenvalue weighted by atomic mass is 16.3. The molecule has 2 aliphatic rings. The van der Waals surface area contributed by atoms with E-state index in [2.05, 4.69) is 24.5 Å². The fourth-order valence-electron chi connectivity index (χ4n) is 3.44. The number of carbonyl (C=O) groups excluding carboxylic acids is 1. The molecule has 2 fully saturated rings. The standard InChI is InChI=1S/C15H28N2O2/c1-10-6-5-8-12(11(10)2)16-15(19)17-13-7-3-4-9-14(13)18/h10-14,18H,3-9H2,1-2H3,(H2,16,17,19). The van der Waals surface area contributed by atoms with Crippen molar-refractivity contribution in [3.8, 4) is 0 Å². The van der Waals surface area contributed by atoms with Crippen molar-refractivity contribution in [3.05, 3.63) is 0 Å². The van der Waals surface area contributed by atoms with Gasteiger partial charge in [-0.15, -0.1) is 0 Å². The first-order valence-electron chi connectivity index (χ1n) is 7.83. The van der Waals surface area contributed by atoms with E-state index in [0.29, 0.717) is 11.8 Å². The van der Waals surface area contributed by atoms with Gasteiger partial charge < -0.3 is 15.7 Å². The van der Waals surface area contributed by atoms with Gasteiger partial charge in [-0.05, 0) is 31.1 Å². The van der Waals surface area contributed by atoms with Crippen LogP contribution >= 0.6 is 0 Å². The minimum atomic E-state index is -0.373. The van der Waals surface area contributed by atoms with Gasteiger partial charge >= 0.3 is 6.03 Å². The number of nitrogens with one attached hydrogen (secondary N) is 2. The summed E-state index contributed by atoms with van der Waals surface area (Å²) in [4.78, 5) is 12.0. The Hall–Kier alpha value is -0.770. The number of hydrogen-bond donors (Lipinski definition) is 3. The smallest absolute Gasteiger partial charge is 0.315 e. The summed E-state index contributed by atoms with van der Waals surface area (Å²) in [5, 5.41) is 15.9. The molecule has 0 aromatic rings. The monoisotopic (exact) mass is 268 g/mol. The molecule has 0 bridgehead atoms. The van der Waals surface area contributed by atoms with Crippen LogP contribution in [-0.4, -0.2) is 29.3 Å². The molecule has 0 aliphatic heterocycles. The largest absolute Gasteiger partial charge is 0.391 e. The maximum Gasteiger partial charge on any atom is 0.315 e. The van der Waals surface area contributed by atoms with Crippen LogP contribution in [0.4, 0.5) is 4.79 Å². The number of aliphatic hydroxyl groups excluding tert-OH is 1. The SMILES string of the molecule is CC1CCCC(NC(=O)NC2CCCCC2O)C1C. The molecule has 0 aromatic carbocycles. The van der Waals surface area contributed by atoms with Crippen molar-refractivity contribution in [1.29, 1.82) is 0 Å². The van der Waals surface area contributed by atoms with Crippen LogP contribution in [0.2, 0.25) is 0 Å². The Morgan fingerprint density at radius 1 is 0.947 bits per heavy atom. The van der Waals surface area contributed by atoms with Gasteiger partial charge in [-0.3, -0.25) is 0 Å². The molecule has 4 nitrogen and oxygen atoms in total. The van der Waals surface area contributed by atoms with Crippen LogP contribution in [0.1, 0.15) is 58.8 Å². The fourth-order valence-corrected chi connectivity index (χ4v) is 3.44. The van der Waals surface area contributed by atoms with E-state index in [4.69, 9.17) is 0 Å². The Bertz CT molecular complexity index is 309. The van der Waals surface area contributed by atoms with Gasteiger partial charge in [0.2, 0.25) is 0 Å². The minimum Gasteiger partial charge on any atom is -0.391 e. The van der Waals surface area contributed by atoms with Gasteiger partial charge in [0.05, 0.1) is 12.1 Å². The molecule has 2 rings (SSSR count). The molecule has 5 unspecified atom stereocenters. The van der Waals surface area contributed by atoms with Crippen LogP contribution in [0, 0.1) is 11.8 Å². The summed E-state index contributed by atoms with van der Waals surface area (Å²) in [5.74, 6) is 1.22. The highest BCUT2D eigenvalue weighted by Crippen LogP contribution is 2.29. The van der Waals surface area contributed by atoms with Gasteiger partial charge in [0.1, 0.15) is 0 Å². The molecule has 19 heavy (non-hydrogen) atoms.